The van der Waals surface area contributed by atoms with Crippen LogP contribution in [0.4, 0.5) is 0 Å². The van der Waals surface area contributed by atoms with Gasteiger partial charge in [0.2, 0.25) is 0 Å². The molecular formula is C13H22O. The van der Waals surface area contributed by atoms with E-state index in [1.165, 1.54) is 32.1 Å². The van der Waals surface area contributed by atoms with Gasteiger partial charge in [-0.3, -0.25) is 0 Å². The molecular weight excluding hydrogens is 172 g/mol. The van der Waals surface area contributed by atoms with Crippen LogP contribution in [0.25, 0.3) is 0 Å². The highest BCUT2D eigenvalue weighted by atomic mass is 16.3. The normalized spacial score (nSPS) is 17.9. The van der Waals surface area contributed by atoms with Gasteiger partial charge in [0.25, 0.3) is 0 Å². The molecule has 0 bridgehead atoms. The third-order valence-corrected chi connectivity index (χ3v) is 2.83. The molecule has 14 heavy (non-hydrogen) atoms. The molecule has 1 rings (SSSR count). The number of unbranched alkanes of at least 4 members (excludes halogenated alkanes) is 4. The van der Waals surface area contributed by atoms with Crippen molar-refractivity contribution in [1.29, 1.82) is 0 Å². The molecule has 0 amide bonds. The van der Waals surface area contributed by atoms with Gasteiger partial charge in [-0.25, -0.2) is 0 Å². The second-order valence-electron chi connectivity index (χ2n) is 4.12. The molecule has 0 radical (unpaired) electrons. The molecule has 1 heteroatoms. The van der Waals surface area contributed by atoms with Gasteiger partial charge in [-0.05, 0) is 6.42 Å². The van der Waals surface area contributed by atoms with Gasteiger partial charge in [0.15, 0.2) is 0 Å². The monoisotopic (exact) mass is 194 g/mol. The third kappa shape index (κ3) is 4.10. The van der Waals surface area contributed by atoms with Gasteiger partial charge in [0, 0.05) is 5.92 Å². The molecule has 0 heterocycles. The van der Waals surface area contributed by atoms with Crippen LogP contribution in [-0.2, 0) is 0 Å². The van der Waals surface area contributed by atoms with Crippen molar-refractivity contribution in [3.63, 3.8) is 0 Å². The van der Waals surface area contributed by atoms with Crippen molar-refractivity contribution in [2.45, 2.75) is 51.6 Å². The minimum absolute atomic E-state index is 0.161. The highest BCUT2D eigenvalue weighted by Gasteiger charge is 2.14. The first kappa shape index (κ1) is 11.5. The van der Waals surface area contributed by atoms with E-state index in [0.717, 1.165) is 6.42 Å². The van der Waals surface area contributed by atoms with Crippen molar-refractivity contribution < 1.29 is 5.11 Å². The number of aliphatic hydroxyl groups excluding tert-OH is 1. The molecule has 1 nitrogen and oxygen atoms in total. The summed E-state index contributed by atoms with van der Waals surface area (Å²) < 4.78 is 0. The van der Waals surface area contributed by atoms with E-state index in [9.17, 15) is 5.11 Å². The van der Waals surface area contributed by atoms with Gasteiger partial charge >= 0.3 is 0 Å². The molecule has 0 aromatic rings. The largest absolute Gasteiger partial charge is 0.392 e. The highest BCUT2D eigenvalue weighted by molar-refractivity contribution is 5.18. The SMILES string of the molecule is CCCCCCC[C@@H](O)C1C=CC=C1. The van der Waals surface area contributed by atoms with Gasteiger partial charge in [-0.2, -0.15) is 0 Å². The second-order valence-corrected chi connectivity index (χ2v) is 4.12. The van der Waals surface area contributed by atoms with E-state index >= 15 is 0 Å². The minimum atomic E-state index is -0.161. The summed E-state index contributed by atoms with van der Waals surface area (Å²) in [6.07, 6.45) is 15.4. The molecule has 0 aromatic carbocycles. The van der Waals surface area contributed by atoms with E-state index in [4.69, 9.17) is 0 Å². The number of hydrogen-bond acceptors (Lipinski definition) is 1. The molecule has 1 atom stereocenters. The van der Waals surface area contributed by atoms with Gasteiger partial charge in [-0.15, -0.1) is 0 Å². The predicted molar refractivity (Wildman–Crippen MR) is 61.2 cm³/mol. The third-order valence-electron chi connectivity index (χ3n) is 2.83. The summed E-state index contributed by atoms with van der Waals surface area (Å²) >= 11 is 0. The summed E-state index contributed by atoms with van der Waals surface area (Å²) in [6.45, 7) is 2.23. The molecule has 0 unspecified atom stereocenters. The molecule has 0 fully saturated rings. The van der Waals surface area contributed by atoms with E-state index in [0.29, 0.717) is 0 Å². The van der Waals surface area contributed by atoms with Crippen LogP contribution < -0.4 is 0 Å². The first-order valence-corrected chi connectivity index (χ1v) is 5.87. The Morgan fingerprint density at radius 3 is 2.36 bits per heavy atom. The van der Waals surface area contributed by atoms with Crippen LogP contribution in [0.3, 0.4) is 0 Å². The van der Waals surface area contributed by atoms with Crippen LogP contribution in [0, 0.1) is 5.92 Å². The van der Waals surface area contributed by atoms with Crippen LogP contribution in [0.2, 0.25) is 0 Å². The Morgan fingerprint density at radius 1 is 1.07 bits per heavy atom. The van der Waals surface area contributed by atoms with Crippen LogP contribution >= 0.6 is 0 Å². The average Bonchev–Trinajstić information content (AvgIpc) is 2.70. The highest BCUT2D eigenvalue weighted by Crippen LogP contribution is 2.18. The van der Waals surface area contributed by atoms with E-state index in [1.807, 2.05) is 12.2 Å². The number of hydrogen-bond donors (Lipinski definition) is 1. The van der Waals surface area contributed by atoms with Crippen molar-refractivity contribution in [3.8, 4) is 0 Å². The predicted octanol–water partition coefficient (Wildman–Crippen LogP) is 3.45. The minimum Gasteiger partial charge on any atom is -0.392 e. The lowest BCUT2D eigenvalue weighted by Crippen LogP contribution is -2.15. The topological polar surface area (TPSA) is 20.2 Å². The quantitative estimate of drug-likeness (QED) is 0.615. The van der Waals surface area contributed by atoms with Gasteiger partial charge in [0.05, 0.1) is 6.10 Å². The standard InChI is InChI=1S/C13H22O/c1-2-3-4-5-6-11-13(14)12-9-7-8-10-12/h7-10,12-14H,2-6,11H2,1H3/t13-/m1/s1. The molecule has 1 N–H and O–H groups in total. The Hall–Kier alpha value is -0.560. The summed E-state index contributed by atoms with van der Waals surface area (Å²) in [7, 11) is 0. The summed E-state index contributed by atoms with van der Waals surface area (Å²) in [6, 6.07) is 0. The second kappa shape index (κ2) is 6.83. The van der Waals surface area contributed by atoms with E-state index in [1.54, 1.807) is 0 Å². The lowest BCUT2D eigenvalue weighted by Gasteiger charge is -2.14. The average molecular weight is 194 g/mol. The number of aliphatic hydroxyl groups is 1. The zero-order chi connectivity index (χ0) is 10.2. The summed E-state index contributed by atoms with van der Waals surface area (Å²) in [4.78, 5) is 0. The maximum absolute atomic E-state index is 9.80. The molecule has 0 saturated heterocycles. The lowest BCUT2D eigenvalue weighted by molar-refractivity contribution is 0.136. The maximum atomic E-state index is 9.80. The van der Waals surface area contributed by atoms with Crippen molar-refractivity contribution in [2.75, 3.05) is 0 Å². The van der Waals surface area contributed by atoms with Crippen LogP contribution in [-0.4, -0.2) is 11.2 Å². The zero-order valence-corrected chi connectivity index (χ0v) is 9.15. The Bertz CT molecular complexity index is 181. The summed E-state index contributed by atoms with van der Waals surface area (Å²) in [5.41, 5.74) is 0. The first-order chi connectivity index (χ1) is 6.84. The molecule has 80 valence electrons. The Labute approximate surface area is 87.5 Å². The Kier molecular flexibility index (Phi) is 5.62. The molecule has 0 aromatic heterocycles. The van der Waals surface area contributed by atoms with Gasteiger partial charge < -0.3 is 5.11 Å². The van der Waals surface area contributed by atoms with E-state index in [2.05, 4.69) is 19.1 Å². The number of rotatable bonds is 7. The molecule has 1 aliphatic rings. The maximum Gasteiger partial charge on any atom is 0.0637 e. The summed E-state index contributed by atoms with van der Waals surface area (Å²) in [5, 5.41) is 9.80. The fraction of sp³-hybridized carbons (Fsp3) is 0.692. The van der Waals surface area contributed by atoms with Crippen LogP contribution in [0.5, 0.6) is 0 Å². The fourth-order valence-corrected chi connectivity index (χ4v) is 1.86. The zero-order valence-electron chi connectivity index (χ0n) is 9.15. The first-order valence-electron chi connectivity index (χ1n) is 5.87. The van der Waals surface area contributed by atoms with E-state index < -0.39 is 0 Å². The lowest BCUT2D eigenvalue weighted by atomic mass is 9.98. The van der Waals surface area contributed by atoms with Gasteiger partial charge in [0.1, 0.15) is 0 Å². The van der Waals surface area contributed by atoms with Crippen molar-refractivity contribution in [2.24, 2.45) is 5.92 Å². The Morgan fingerprint density at radius 2 is 1.71 bits per heavy atom. The van der Waals surface area contributed by atoms with Crippen molar-refractivity contribution in [3.05, 3.63) is 24.3 Å². The van der Waals surface area contributed by atoms with E-state index in [-0.39, 0.29) is 12.0 Å². The van der Waals surface area contributed by atoms with Crippen LogP contribution in [0.15, 0.2) is 24.3 Å². The van der Waals surface area contributed by atoms with Gasteiger partial charge in [-0.1, -0.05) is 63.3 Å². The Balaban J connectivity index is 2.00. The fourth-order valence-electron chi connectivity index (χ4n) is 1.86. The summed E-state index contributed by atoms with van der Waals surface area (Å²) in [5.74, 6) is 0.279. The van der Waals surface area contributed by atoms with Crippen molar-refractivity contribution >= 4 is 0 Å². The van der Waals surface area contributed by atoms with Crippen molar-refractivity contribution in [1.82, 2.24) is 0 Å². The molecule has 0 saturated carbocycles. The smallest absolute Gasteiger partial charge is 0.0637 e. The van der Waals surface area contributed by atoms with Crippen LogP contribution in [0.1, 0.15) is 45.4 Å². The molecule has 0 aliphatic heterocycles. The number of allylic oxidation sites excluding steroid dienone is 2. The molecule has 0 spiro atoms. The molecule has 1 aliphatic carbocycles.